The lowest BCUT2D eigenvalue weighted by Gasteiger charge is -2.10. The van der Waals surface area contributed by atoms with E-state index >= 15 is 0 Å². The molecule has 9 rings (SSSR count). The molecule has 3 heteroatoms. The highest BCUT2D eigenvalue weighted by Crippen LogP contribution is 2.38. The highest BCUT2D eigenvalue weighted by Gasteiger charge is 2.18. The molecule has 5 aromatic carbocycles. The van der Waals surface area contributed by atoms with E-state index in [1.54, 1.807) is 0 Å². The van der Waals surface area contributed by atoms with Crippen LogP contribution in [-0.2, 0) is 0 Å². The lowest BCUT2D eigenvalue weighted by molar-refractivity contribution is 0.669. The van der Waals surface area contributed by atoms with Gasteiger partial charge < -0.3 is 13.6 Å². The molecule has 0 spiro atoms. The molecule has 40 heavy (non-hydrogen) atoms. The van der Waals surface area contributed by atoms with Crippen LogP contribution in [0.1, 0.15) is 11.3 Å². The molecule has 8 aromatic rings. The van der Waals surface area contributed by atoms with E-state index in [0.29, 0.717) is 0 Å². The van der Waals surface area contributed by atoms with E-state index in [4.69, 9.17) is 4.42 Å². The molecule has 3 nitrogen and oxygen atoms in total. The Bertz CT molecular complexity index is 2360. The number of hydrogen-bond acceptors (Lipinski definition) is 1. The lowest BCUT2D eigenvalue weighted by Crippen LogP contribution is -1.96. The van der Waals surface area contributed by atoms with E-state index in [0.717, 1.165) is 39.0 Å². The second-order valence-electron chi connectivity index (χ2n) is 10.3. The average Bonchev–Trinajstić information content (AvgIpc) is 3.56. The van der Waals surface area contributed by atoms with E-state index < -0.39 is 0 Å². The Hall–Kier alpha value is -5.50. The number of nitrogens with zero attached hydrogens (tertiary/aromatic N) is 2. The van der Waals surface area contributed by atoms with Crippen LogP contribution >= 0.6 is 0 Å². The average molecular weight is 511 g/mol. The monoisotopic (exact) mass is 510 g/mol. The molecular formula is C37H22N2O. The fourth-order valence-electron chi connectivity index (χ4n) is 6.44. The first-order chi connectivity index (χ1) is 19.8. The van der Waals surface area contributed by atoms with E-state index in [9.17, 15) is 0 Å². The third-order valence-corrected chi connectivity index (χ3v) is 8.16. The second kappa shape index (κ2) is 8.00. The number of para-hydroxylation sites is 3. The summed E-state index contributed by atoms with van der Waals surface area (Å²) in [5.74, 6) is 0. The zero-order valence-corrected chi connectivity index (χ0v) is 21.5. The van der Waals surface area contributed by atoms with Crippen molar-refractivity contribution < 1.29 is 4.42 Å². The molecule has 0 bridgehead atoms. The van der Waals surface area contributed by atoms with Gasteiger partial charge in [-0.15, -0.1) is 5.73 Å². The Kier molecular flexibility index (Phi) is 4.29. The molecule has 1 aliphatic carbocycles. The zero-order valence-electron chi connectivity index (χ0n) is 21.5. The van der Waals surface area contributed by atoms with E-state index in [-0.39, 0.29) is 0 Å². The van der Waals surface area contributed by atoms with Gasteiger partial charge in [0.05, 0.1) is 22.2 Å². The van der Waals surface area contributed by atoms with Crippen molar-refractivity contribution in [2.75, 3.05) is 0 Å². The Morgan fingerprint density at radius 1 is 0.525 bits per heavy atom. The van der Waals surface area contributed by atoms with Gasteiger partial charge in [-0.3, -0.25) is 0 Å². The van der Waals surface area contributed by atoms with Gasteiger partial charge in [-0.25, -0.2) is 0 Å². The van der Waals surface area contributed by atoms with Gasteiger partial charge in [-0.05, 0) is 72.8 Å². The van der Waals surface area contributed by atoms with Crippen molar-refractivity contribution in [3.8, 4) is 11.4 Å². The van der Waals surface area contributed by atoms with Crippen LogP contribution in [0.2, 0.25) is 0 Å². The molecule has 0 N–H and O–H groups in total. The van der Waals surface area contributed by atoms with Crippen LogP contribution in [0.15, 0.2) is 131 Å². The number of aromatic nitrogens is 2. The number of fused-ring (bicyclic) bond motifs is 9. The molecular weight excluding hydrogens is 488 g/mol. The summed E-state index contributed by atoms with van der Waals surface area (Å²) in [5.41, 5.74) is 13.2. The van der Waals surface area contributed by atoms with Crippen molar-refractivity contribution in [1.82, 2.24) is 9.13 Å². The Balaban J connectivity index is 1.31. The maximum absolute atomic E-state index is 6.34. The predicted molar refractivity (Wildman–Crippen MR) is 166 cm³/mol. The summed E-state index contributed by atoms with van der Waals surface area (Å²) in [6.45, 7) is 0. The molecule has 1 aliphatic rings. The van der Waals surface area contributed by atoms with E-state index in [1.807, 2.05) is 6.08 Å². The first kappa shape index (κ1) is 21.4. The number of hydrogen-bond donors (Lipinski definition) is 0. The molecule has 3 heterocycles. The SMILES string of the molecule is C1=CC=Cc2c(c3ccccc3n2-c2ccc3oc4ccc(-n5c6ccccc6c6ccccc65)cc4c3c2)C=1. The van der Waals surface area contributed by atoms with Crippen LogP contribution in [0.4, 0.5) is 0 Å². The first-order valence-electron chi connectivity index (χ1n) is 13.5. The van der Waals surface area contributed by atoms with Gasteiger partial charge in [0, 0.05) is 43.9 Å². The van der Waals surface area contributed by atoms with E-state index in [2.05, 4.69) is 142 Å². The highest BCUT2D eigenvalue weighted by atomic mass is 16.3. The van der Waals surface area contributed by atoms with Crippen LogP contribution in [0.3, 0.4) is 0 Å². The van der Waals surface area contributed by atoms with Gasteiger partial charge in [0.25, 0.3) is 0 Å². The topological polar surface area (TPSA) is 23.0 Å². The fraction of sp³-hybridized carbons (Fsp3) is 0. The normalized spacial score (nSPS) is 12.8. The molecule has 0 unspecified atom stereocenters. The quantitative estimate of drug-likeness (QED) is 0.212. The Morgan fingerprint density at radius 3 is 1.73 bits per heavy atom. The second-order valence-corrected chi connectivity index (χ2v) is 10.3. The molecule has 186 valence electrons. The van der Waals surface area contributed by atoms with Gasteiger partial charge in [-0.1, -0.05) is 60.7 Å². The van der Waals surface area contributed by atoms with Crippen molar-refractivity contribution in [1.29, 1.82) is 0 Å². The maximum atomic E-state index is 6.34. The lowest BCUT2D eigenvalue weighted by atomic mass is 10.1. The van der Waals surface area contributed by atoms with E-state index in [1.165, 1.54) is 38.3 Å². The van der Waals surface area contributed by atoms with Gasteiger partial charge in [0.2, 0.25) is 0 Å². The highest BCUT2D eigenvalue weighted by molar-refractivity contribution is 6.11. The van der Waals surface area contributed by atoms with Crippen molar-refractivity contribution >= 4 is 66.8 Å². The number of allylic oxidation sites excluding steroid dienone is 2. The van der Waals surface area contributed by atoms with Crippen molar-refractivity contribution in [3.63, 3.8) is 0 Å². The van der Waals surface area contributed by atoms with Crippen LogP contribution in [0, 0.1) is 0 Å². The number of furan rings is 1. The summed E-state index contributed by atoms with van der Waals surface area (Å²) < 4.78 is 11.0. The molecule has 0 saturated carbocycles. The van der Waals surface area contributed by atoms with Crippen molar-refractivity contribution in [3.05, 3.63) is 138 Å². The summed E-state index contributed by atoms with van der Waals surface area (Å²) in [6.07, 6.45) is 8.27. The Labute approximate surface area is 229 Å². The van der Waals surface area contributed by atoms with Crippen LogP contribution in [-0.4, -0.2) is 9.13 Å². The molecule has 0 saturated heterocycles. The summed E-state index contributed by atoms with van der Waals surface area (Å²) in [4.78, 5) is 0. The molecule has 0 aliphatic heterocycles. The summed E-state index contributed by atoms with van der Waals surface area (Å²) >= 11 is 0. The third-order valence-electron chi connectivity index (χ3n) is 8.16. The van der Waals surface area contributed by atoms with Crippen LogP contribution in [0.5, 0.6) is 0 Å². The standard InChI is InChI=1S/C37H22N2O/c1-2-10-26-27-11-4-7-15-33(27)38(32(26)14-3-1)24-18-20-36-30(22-24)31-23-25(19-21-37(31)40-36)39-34-16-8-5-12-28(34)29-13-6-9-17-35(29)39/h1,3-23H. The minimum Gasteiger partial charge on any atom is -0.456 e. The zero-order chi connectivity index (χ0) is 26.2. The summed E-state index contributed by atoms with van der Waals surface area (Å²) in [5, 5.41) is 5.95. The van der Waals surface area contributed by atoms with Gasteiger partial charge in [0.1, 0.15) is 11.2 Å². The Morgan fingerprint density at radius 2 is 1.07 bits per heavy atom. The molecule has 3 aromatic heterocycles. The maximum Gasteiger partial charge on any atom is 0.135 e. The molecule has 0 fully saturated rings. The van der Waals surface area contributed by atoms with Crippen LogP contribution in [0.25, 0.3) is 78.2 Å². The van der Waals surface area contributed by atoms with Gasteiger partial charge in [0.15, 0.2) is 0 Å². The first-order valence-corrected chi connectivity index (χ1v) is 13.5. The largest absolute Gasteiger partial charge is 0.456 e. The number of benzene rings is 5. The summed E-state index contributed by atoms with van der Waals surface area (Å²) in [7, 11) is 0. The fourth-order valence-corrected chi connectivity index (χ4v) is 6.44. The molecule has 0 atom stereocenters. The van der Waals surface area contributed by atoms with Gasteiger partial charge >= 0.3 is 0 Å². The van der Waals surface area contributed by atoms with Crippen molar-refractivity contribution in [2.24, 2.45) is 0 Å². The minimum atomic E-state index is 0.887. The summed E-state index contributed by atoms with van der Waals surface area (Å²) in [6, 6.07) is 38.9. The number of rotatable bonds is 2. The van der Waals surface area contributed by atoms with Crippen LogP contribution < -0.4 is 0 Å². The molecule has 0 amide bonds. The van der Waals surface area contributed by atoms with Gasteiger partial charge in [-0.2, -0.15) is 0 Å². The predicted octanol–water partition coefficient (Wildman–Crippen LogP) is 9.82. The van der Waals surface area contributed by atoms with Crippen molar-refractivity contribution in [2.45, 2.75) is 0 Å². The minimum absolute atomic E-state index is 0.887. The third kappa shape index (κ3) is 2.90. The smallest absolute Gasteiger partial charge is 0.135 e. The molecule has 0 radical (unpaired) electrons.